The summed E-state index contributed by atoms with van der Waals surface area (Å²) >= 11 is 0. The van der Waals surface area contributed by atoms with Crippen LogP contribution in [0.5, 0.6) is 0 Å². The van der Waals surface area contributed by atoms with Gasteiger partial charge in [-0.3, -0.25) is 47.8 Å². The van der Waals surface area contributed by atoms with Crippen LogP contribution in [-0.4, -0.2) is 178 Å². The fraction of sp³-hybridized carbons (Fsp3) is 0.750. The second-order valence-electron chi connectivity index (χ2n) is 32.9. The summed E-state index contributed by atoms with van der Waals surface area (Å²) in [6, 6.07) is 7.60. The van der Waals surface area contributed by atoms with Gasteiger partial charge in [0, 0.05) is 57.2 Å². The monoisotopic (exact) mass is 1520 g/mol. The number of allylic oxidation sites excluding steroid dienone is 1. The maximum absolute atomic E-state index is 14.4. The lowest BCUT2D eigenvalue weighted by molar-refractivity contribution is -0.735. The number of alkyl halides is 3. The number of piperidine rings is 1. The van der Waals surface area contributed by atoms with E-state index in [2.05, 4.69) is 64.4 Å². The number of cyclic esters (lactones) is 1. The largest absolute Gasteiger partial charge is 0.542 e. The number of rotatable bonds is 13. The van der Waals surface area contributed by atoms with Gasteiger partial charge in [0.05, 0.1) is 84.7 Å². The molecule has 10 aliphatic rings. The minimum absolute atomic E-state index is 0.104. The number of nitrogens with two attached hydrogens (primary N) is 1. The van der Waals surface area contributed by atoms with Crippen LogP contribution in [-0.2, 0) is 95.0 Å². The van der Waals surface area contributed by atoms with Crippen LogP contribution in [0.1, 0.15) is 214 Å². The Morgan fingerprint density at radius 1 is 0.638 bits per heavy atom. The van der Waals surface area contributed by atoms with Gasteiger partial charge in [-0.15, -0.1) is 13.2 Å². The summed E-state index contributed by atoms with van der Waals surface area (Å²) in [5.41, 5.74) is -1.32. The number of hydrogen-bond donors (Lipinski definition) is 4. The van der Waals surface area contributed by atoms with Crippen LogP contribution >= 0.6 is 0 Å². The van der Waals surface area contributed by atoms with Gasteiger partial charge in [0.2, 0.25) is 43.7 Å². The fourth-order valence-corrected chi connectivity index (χ4v) is 18.2. The molecule has 1 aromatic carbocycles. The van der Waals surface area contributed by atoms with E-state index in [0.29, 0.717) is 70.5 Å². The number of carbonyl (C=O) groups is 9. The minimum atomic E-state index is -5.19. The molecule has 29 heteroatoms. The van der Waals surface area contributed by atoms with E-state index in [1.54, 1.807) is 17.1 Å². The zero-order valence-electron chi connectivity index (χ0n) is 62.3. The Bertz CT molecular complexity index is 3540. The number of aliphatic carboxylic acids is 1. The Morgan fingerprint density at radius 3 is 1.64 bits per heavy atom. The highest BCUT2D eigenvalue weighted by atomic mass is 32.2. The predicted octanol–water partition coefficient (Wildman–Crippen LogP) is 6.70. The number of ether oxygens (including phenoxy) is 4. The summed E-state index contributed by atoms with van der Waals surface area (Å²) in [6.45, 7) is 23.2. The molecule has 5 amide bonds. The van der Waals surface area contributed by atoms with E-state index in [9.17, 15) is 68.4 Å². The Balaban J connectivity index is 0.000000243. The molecule has 1 aromatic rings. The van der Waals surface area contributed by atoms with E-state index in [4.69, 9.17) is 28.8 Å². The Morgan fingerprint density at radius 2 is 1.13 bits per heavy atom. The number of nitrogens with one attached hydrogen (secondary N) is 3. The Labute approximate surface area is 617 Å². The van der Waals surface area contributed by atoms with Gasteiger partial charge < -0.3 is 49.3 Å². The smallest absolute Gasteiger partial charge is 0.430 e. The molecule has 588 valence electrons. The molecule has 0 spiro atoms. The summed E-state index contributed by atoms with van der Waals surface area (Å²) in [5, 5.41) is 12.9. The van der Waals surface area contributed by atoms with Crippen LogP contribution in [0.3, 0.4) is 0 Å². The Hall–Kier alpha value is -6.30. The number of ketones is 1. The van der Waals surface area contributed by atoms with Crippen molar-refractivity contribution in [1.82, 2.24) is 24.6 Å². The second kappa shape index (κ2) is 35.8. The van der Waals surface area contributed by atoms with E-state index >= 15 is 0 Å². The molecule has 11 rings (SSSR count). The van der Waals surface area contributed by atoms with E-state index < -0.39 is 136 Å². The second-order valence-corrected chi connectivity index (χ2v) is 36.8. The topological polar surface area (TPSA) is 341 Å². The lowest BCUT2D eigenvalue weighted by atomic mass is 9.77. The van der Waals surface area contributed by atoms with Crippen LogP contribution in [0.15, 0.2) is 49.6 Å². The maximum Gasteiger partial charge on any atom is 0.430 e. The third-order valence-corrected chi connectivity index (χ3v) is 26.2. The molecule has 6 heterocycles. The van der Waals surface area contributed by atoms with Gasteiger partial charge in [-0.2, -0.15) is 13.2 Å². The highest BCUT2D eigenvalue weighted by Crippen LogP contribution is 2.57. The zero-order valence-corrected chi connectivity index (χ0v) is 63.9. The summed E-state index contributed by atoms with van der Waals surface area (Å²) in [4.78, 5) is 122. The molecule has 5 saturated heterocycles. The van der Waals surface area contributed by atoms with Crippen LogP contribution in [0.4, 0.5) is 13.2 Å². The average Bonchev–Trinajstić information content (AvgIpc) is 1.58. The van der Waals surface area contributed by atoms with Gasteiger partial charge in [-0.05, 0) is 125 Å². The maximum atomic E-state index is 14.4. The van der Waals surface area contributed by atoms with Gasteiger partial charge in [0.15, 0.2) is 5.78 Å². The highest BCUT2D eigenvalue weighted by Gasteiger charge is 2.63. The minimum Gasteiger partial charge on any atom is -0.542 e. The molecule has 13 atom stereocenters. The molecule has 24 nitrogen and oxygen atoms in total. The fourth-order valence-electron chi connectivity index (χ4n) is 15.4. The van der Waals surface area contributed by atoms with Gasteiger partial charge in [-0.25, -0.2) is 16.8 Å². The van der Waals surface area contributed by atoms with Gasteiger partial charge in [0.25, 0.3) is 5.91 Å². The number of sulfonamides is 2. The number of Topliss-reactive ketones (excluding diaryl/α,β-unsaturated/α-hetero) is 1. The quantitative estimate of drug-likeness (QED) is 0.118. The number of amides is 5. The van der Waals surface area contributed by atoms with E-state index in [-0.39, 0.29) is 81.2 Å². The SMILES string of the molecule is C=C[C@@H]1C[C@]1(CC(=O)[C@@H]1C[C@@H]2CN1C(=O)[C@H](C(C)(C)C)CC(=O)OCCCCCCCc1cccc(c1)CCCO2)C(=O)NS(=O)(=O)C1CC1.C=C[C@@H]1C[C@]1(NC(=O)[C@@H]1C[C@@H]2CN1C(=O)[C@H](C(C)(C)C)CC(=O)OCCCCCCC1CCC(CO2)[NH2+]C1C)C(=O)NS(=O)(=O)C1CC1.O=C([O-])C(F)(F)F. The molecule has 5 N–H and O–H groups in total. The predicted molar refractivity (Wildman–Crippen MR) is 380 cm³/mol. The number of halogens is 3. The first kappa shape index (κ1) is 84.3. The third kappa shape index (κ3) is 23.4. The number of benzene rings is 1. The number of fused-ring (bicyclic) bond motifs is 17. The van der Waals surface area contributed by atoms with Crippen molar-refractivity contribution in [2.45, 2.75) is 274 Å². The molecule has 4 aliphatic carbocycles. The molecule has 0 aromatic heterocycles. The number of quaternary nitrogens is 1. The van der Waals surface area contributed by atoms with Crippen molar-refractivity contribution in [3.63, 3.8) is 0 Å². The summed E-state index contributed by atoms with van der Waals surface area (Å²) < 4.78 is 110. The van der Waals surface area contributed by atoms with Gasteiger partial charge in [0.1, 0.15) is 23.6 Å². The van der Waals surface area contributed by atoms with Crippen molar-refractivity contribution in [3.8, 4) is 0 Å². The van der Waals surface area contributed by atoms with Crippen molar-refractivity contribution in [2.24, 2.45) is 45.8 Å². The first-order valence-corrected chi connectivity index (χ1v) is 41.0. The highest BCUT2D eigenvalue weighted by molar-refractivity contribution is 7.91. The van der Waals surface area contributed by atoms with Gasteiger partial charge >= 0.3 is 18.1 Å². The molecular weight excluding hydrogens is 1410 g/mol. The van der Waals surface area contributed by atoms with Crippen LogP contribution in [0.25, 0.3) is 0 Å². The number of hydrogen-bond acceptors (Lipinski definition) is 18. The van der Waals surface area contributed by atoms with Crippen LogP contribution < -0.4 is 25.2 Å². The summed E-state index contributed by atoms with van der Waals surface area (Å²) in [6.07, 6.45) is 14.8. The van der Waals surface area contributed by atoms with Crippen molar-refractivity contribution in [1.29, 1.82) is 0 Å². The number of esters is 2. The van der Waals surface area contributed by atoms with Crippen molar-refractivity contribution < 1.29 is 103 Å². The first-order valence-electron chi connectivity index (χ1n) is 37.9. The average molecular weight is 1520 g/mol. The number of aryl methyl sites for hydroxylation is 2. The number of carboxylic acids is 1. The zero-order chi connectivity index (χ0) is 77.0. The van der Waals surface area contributed by atoms with E-state index in [1.807, 2.05) is 41.5 Å². The normalized spacial score (nSPS) is 31.0. The number of nitrogens with zero attached hydrogens (tertiary/aromatic N) is 2. The van der Waals surface area contributed by atoms with E-state index in [0.717, 1.165) is 89.9 Å². The van der Waals surface area contributed by atoms with Crippen molar-refractivity contribution in [3.05, 3.63) is 60.7 Å². The van der Waals surface area contributed by atoms with Gasteiger partial charge in [-0.1, -0.05) is 116 Å². The molecule has 9 fully saturated rings. The third-order valence-electron chi connectivity index (χ3n) is 22.6. The summed E-state index contributed by atoms with van der Waals surface area (Å²) in [5.74, 6) is -8.50. The lowest BCUT2D eigenvalue weighted by Crippen LogP contribution is -2.98. The Kier molecular flexibility index (Phi) is 28.8. The van der Waals surface area contributed by atoms with E-state index in [1.165, 1.54) is 22.4 Å². The molecular formula is C76H113F3N6O18S2. The van der Waals surface area contributed by atoms with Crippen molar-refractivity contribution in [2.75, 3.05) is 39.5 Å². The number of carbonyl (C=O) groups excluding carboxylic acids is 9. The van der Waals surface area contributed by atoms with Crippen molar-refractivity contribution >= 4 is 73.3 Å². The molecule has 105 heavy (non-hydrogen) atoms. The number of carboxylic acid groups (broad SMARTS) is 1. The van der Waals surface area contributed by atoms with Crippen LogP contribution in [0, 0.1) is 45.8 Å². The van der Waals surface area contributed by atoms with Crippen LogP contribution in [0.2, 0.25) is 0 Å². The molecule has 0 radical (unpaired) electrons. The summed E-state index contributed by atoms with van der Waals surface area (Å²) in [7, 11) is -7.64. The molecule has 8 bridgehead atoms. The lowest BCUT2D eigenvalue weighted by Gasteiger charge is -2.35. The standard InChI is InChI=1S/C39H56N2O8S.C35H56N4O8S.C2HF3O2/c1-5-29-24-39(29,37(45)40-50(46,47)31-17-18-31)25-34(42)33-22-30-26-41(33)36(44)32(38(2,3)4)23-35(43)49-19-10-8-6-7-9-13-27-14-11-15-28(21-27)16-12-20-48-30;1-6-24-19-35(24,33(43)38-48(44,45)27-14-15-27)37-31(41)29-17-26-20-39(29)32(42)28(34(3,4)5)18-30(40)46-16-10-8-7-9-11-23-12-13-25(21-47-26)36-22(23)2;3-2(4,5)1(6)7/h5,11,14-15,21,29-33H,1,6-10,12-13,16-20,22-26H2,2-4H3,(H,40,45);6,22-29,36H,1,7-21H2,2-5H3,(H,37,41)(H,38,43);(H,6,7)/t29-,30-,32-,33+,39-;22?,23?,24-,25?,26-,28-,29+,35-;/m11./s1. The molecule has 3 unspecified atom stereocenters. The molecule has 4 saturated carbocycles. The first-order chi connectivity index (χ1) is 49.3. The molecule has 6 aliphatic heterocycles.